The van der Waals surface area contributed by atoms with Crippen molar-refractivity contribution >= 4 is 29.2 Å². The van der Waals surface area contributed by atoms with Crippen LogP contribution in [0, 0.1) is 0 Å². The summed E-state index contributed by atoms with van der Waals surface area (Å²) in [5.74, 6) is -0.342. The second kappa shape index (κ2) is 9.00. The molecule has 2 aromatic carbocycles. The summed E-state index contributed by atoms with van der Waals surface area (Å²) in [7, 11) is 0. The molecule has 0 spiro atoms. The Morgan fingerprint density at radius 1 is 1.08 bits per heavy atom. The molecule has 0 aromatic heterocycles. The van der Waals surface area contributed by atoms with Gasteiger partial charge in [-0.1, -0.05) is 29.1 Å². The number of aliphatic hydroxyl groups is 1. The first-order chi connectivity index (χ1) is 12.0. The minimum absolute atomic E-state index is 0.0925. The van der Waals surface area contributed by atoms with Crippen LogP contribution in [0.4, 0.5) is 0 Å². The van der Waals surface area contributed by atoms with E-state index in [2.05, 4.69) is 9.99 Å². The van der Waals surface area contributed by atoms with Crippen molar-refractivity contribution in [2.75, 3.05) is 6.79 Å². The Balaban J connectivity index is 2.21. The third-order valence-corrected chi connectivity index (χ3v) is 4.14. The molecular weight excluding hydrogens is 342 g/mol. The topological polar surface area (TPSA) is 85.2 Å². The van der Waals surface area contributed by atoms with E-state index in [1.165, 1.54) is 25.6 Å². The molecule has 0 unspecified atom stereocenters. The Hall–Kier alpha value is -2.64. The lowest BCUT2D eigenvalue weighted by molar-refractivity contribution is -0.140. The second-order valence-corrected chi connectivity index (χ2v) is 6.05. The molecule has 0 amide bonds. The fourth-order valence-electron chi connectivity index (χ4n) is 1.92. The Bertz CT molecular complexity index is 786. The third kappa shape index (κ3) is 5.44. The monoisotopic (exact) mass is 359 g/mol. The molecule has 0 radical (unpaired) electrons. The van der Waals surface area contributed by atoms with Crippen molar-refractivity contribution in [3.63, 3.8) is 0 Å². The third-order valence-electron chi connectivity index (χ3n) is 3.05. The largest absolute Gasteiger partial charge is 0.468 e. The van der Waals surface area contributed by atoms with Crippen LogP contribution in [-0.2, 0) is 9.63 Å². The number of nitrogens with zero attached hydrogens (tertiary/aromatic N) is 1. The highest BCUT2D eigenvalue weighted by atomic mass is 32.2. The minimum atomic E-state index is -0.583. The number of hydrogen-bond donors (Lipinski definition) is 1. The van der Waals surface area contributed by atoms with Gasteiger partial charge in [-0.05, 0) is 43.3 Å². The number of carbonyl (C=O) groups is 2. The summed E-state index contributed by atoms with van der Waals surface area (Å²) in [4.78, 5) is 29.5. The minimum Gasteiger partial charge on any atom is -0.468 e. The van der Waals surface area contributed by atoms with Gasteiger partial charge in [0.2, 0.25) is 5.78 Å². The average Bonchev–Trinajstić information content (AvgIpc) is 2.61. The van der Waals surface area contributed by atoms with Crippen LogP contribution in [0.15, 0.2) is 63.5 Å². The van der Waals surface area contributed by atoms with Crippen LogP contribution < -0.4 is 4.74 Å². The van der Waals surface area contributed by atoms with Gasteiger partial charge in [-0.25, -0.2) is 4.79 Å². The molecule has 0 aliphatic rings. The Labute approximate surface area is 149 Å². The summed E-state index contributed by atoms with van der Waals surface area (Å²) in [6.07, 6.45) is 0. The number of oxime groups is 1. The van der Waals surface area contributed by atoms with Gasteiger partial charge in [-0.15, -0.1) is 0 Å². The molecular formula is C18H17NO5S. The van der Waals surface area contributed by atoms with E-state index in [1.807, 2.05) is 24.3 Å². The molecule has 0 bridgehead atoms. The molecule has 0 saturated heterocycles. The zero-order chi connectivity index (χ0) is 18.2. The molecule has 1 N–H and O–H groups in total. The van der Waals surface area contributed by atoms with Crippen molar-refractivity contribution in [2.24, 2.45) is 5.16 Å². The van der Waals surface area contributed by atoms with Crippen molar-refractivity contribution in [2.45, 2.75) is 23.6 Å². The van der Waals surface area contributed by atoms with Gasteiger partial charge in [0.15, 0.2) is 6.79 Å². The predicted octanol–water partition coefficient (Wildman–Crippen LogP) is 3.29. The standard InChI is InChI=1S/C18H17NO5S/c1-12(19-24-13(2)21)18(22)16-5-3-4-6-17(16)25-15-9-7-14(8-10-15)23-11-20/h3-10,20H,11H2,1-2H3/b19-12+. The van der Waals surface area contributed by atoms with Crippen LogP contribution in [0.2, 0.25) is 0 Å². The highest BCUT2D eigenvalue weighted by molar-refractivity contribution is 7.99. The van der Waals surface area contributed by atoms with Crippen molar-refractivity contribution < 1.29 is 24.3 Å². The van der Waals surface area contributed by atoms with Gasteiger partial charge in [0.25, 0.3) is 0 Å². The van der Waals surface area contributed by atoms with Crippen LogP contribution >= 0.6 is 11.8 Å². The summed E-state index contributed by atoms with van der Waals surface area (Å²) < 4.78 is 4.99. The van der Waals surface area contributed by atoms with Crippen molar-refractivity contribution in [1.29, 1.82) is 0 Å². The number of ether oxygens (including phenoxy) is 1. The van der Waals surface area contributed by atoms with Gasteiger partial charge in [0.05, 0.1) is 0 Å². The highest BCUT2D eigenvalue weighted by Gasteiger charge is 2.16. The quantitative estimate of drug-likeness (QED) is 0.268. The number of aliphatic hydroxyl groups excluding tert-OH is 1. The van der Waals surface area contributed by atoms with Crippen LogP contribution in [-0.4, -0.2) is 29.4 Å². The summed E-state index contributed by atoms with van der Waals surface area (Å²) in [5, 5.41) is 12.3. The number of carbonyl (C=O) groups excluding carboxylic acids is 2. The maximum atomic E-state index is 12.5. The fraction of sp³-hybridized carbons (Fsp3) is 0.167. The van der Waals surface area contributed by atoms with Crippen LogP contribution in [0.5, 0.6) is 5.75 Å². The molecule has 0 atom stereocenters. The smallest absolute Gasteiger partial charge is 0.331 e. The van der Waals surface area contributed by atoms with Gasteiger partial charge >= 0.3 is 5.97 Å². The first-order valence-electron chi connectivity index (χ1n) is 7.38. The summed E-state index contributed by atoms with van der Waals surface area (Å²) in [6.45, 7) is 2.33. The van der Waals surface area contributed by atoms with E-state index in [9.17, 15) is 9.59 Å². The summed E-state index contributed by atoms with van der Waals surface area (Å²) >= 11 is 1.41. The molecule has 0 saturated carbocycles. The molecule has 0 aliphatic carbocycles. The van der Waals surface area contributed by atoms with Gasteiger partial charge in [0.1, 0.15) is 11.5 Å². The maximum absolute atomic E-state index is 12.5. The van der Waals surface area contributed by atoms with Gasteiger partial charge in [0, 0.05) is 22.3 Å². The maximum Gasteiger partial charge on any atom is 0.331 e. The molecule has 0 fully saturated rings. The second-order valence-electron chi connectivity index (χ2n) is 4.93. The molecule has 7 heteroatoms. The Morgan fingerprint density at radius 3 is 2.40 bits per heavy atom. The van der Waals surface area contributed by atoms with E-state index < -0.39 is 5.97 Å². The van der Waals surface area contributed by atoms with Crippen LogP contribution in [0.1, 0.15) is 24.2 Å². The molecule has 0 aliphatic heterocycles. The van der Waals surface area contributed by atoms with Crippen molar-refractivity contribution in [1.82, 2.24) is 0 Å². The lowest BCUT2D eigenvalue weighted by Crippen LogP contribution is -2.13. The van der Waals surface area contributed by atoms with E-state index in [-0.39, 0.29) is 18.3 Å². The molecule has 0 heterocycles. The molecule has 6 nitrogen and oxygen atoms in total. The average molecular weight is 359 g/mol. The fourth-order valence-corrected chi connectivity index (χ4v) is 2.86. The highest BCUT2D eigenvalue weighted by Crippen LogP contribution is 2.31. The van der Waals surface area contributed by atoms with E-state index >= 15 is 0 Å². The molecule has 130 valence electrons. The van der Waals surface area contributed by atoms with E-state index in [4.69, 9.17) is 9.84 Å². The summed E-state index contributed by atoms with van der Waals surface area (Å²) in [6, 6.07) is 14.2. The number of Topliss-reactive ketones (excluding diaryl/α,β-unsaturated/α-hetero) is 1. The zero-order valence-electron chi connectivity index (χ0n) is 13.8. The van der Waals surface area contributed by atoms with Crippen molar-refractivity contribution in [3.05, 3.63) is 54.1 Å². The SMILES string of the molecule is CC(=O)O/N=C(\C)C(=O)c1ccccc1Sc1ccc(OCO)cc1. The first-order valence-corrected chi connectivity index (χ1v) is 8.20. The van der Waals surface area contributed by atoms with E-state index in [1.54, 1.807) is 24.3 Å². The Kier molecular flexibility index (Phi) is 6.73. The van der Waals surface area contributed by atoms with Crippen molar-refractivity contribution in [3.8, 4) is 5.75 Å². The molecule has 2 aromatic rings. The van der Waals surface area contributed by atoms with Gasteiger partial charge < -0.3 is 14.7 Å². The van der Waals surface area contributed by atoms with Crippen LogP contribution in [0.3, 0.4) is 0 Å². The summed E-state index contributed by atoms with van der Waals surface area (Å²) in [5.41, 5.74) is 0.562. The number of benzene rings is 2. The molecule has 2 rings (SSSR count). The predicted molar refractivity (Wildman–Crippen MR) is 93.9 cm³/mol. The number of hydrogen-bond acceptors (Lipinski definition) is 7. The number of ketones is 1. The molecule has 25 heavy (non-hydrogen) atoms. The van der Waals surface area contributed by atoms with Gasteiger partial charge in [-0.3, -0.25) is 4.79 Å². The first kappa shape index (κ1) is 18.7. The lowest BCUT2D eigenvalue weighted by atomic mass is 10.1. The number of rotatable bonds is 7. The zero-order valence-corrected chi connectivity index (χ0v) is 14.6. The van der Waals surface area contributed by atoms with E-state index in [0.717, 1.165) is 9.79 Å². The normalized spacial score (nSPS) is 11.1. The van der Waals surface area contributed by atoms with Gasteiger partial charge in [-0.2, -0.15) is 0 Å². The van der Waals surface area contributed by atoms with Crippen LogP contribution in [0.25, 0.3) is 0 Å². The van der Waals surface area contributed by atoms with E-state index in [0.29, 0.717) is 11.3 Å². The Morgan fingerprint density at radius 2 is 1.76 bits per heavy atom. The lowest BCUT2D eigenvalue weighted by Gasteiger charge is -2.09.